The normalized spacial score (nSPS) is 16.5. The largest absolute Gasteiger partial charge is 0.463 e. The summed E-state index contributed by atoms with van der Waals surface area (Å²) in [6.07, 6.45) is 4.47. The van der Waals surface area contributed by atoms with Crippen molar-refractivity contribution in [2.45, 2.75) is 51.7 Å². The minimum atomic E-state index is -0.477. The molecule has 1 fully saturated rings. The zero-order valence-electron chi connectivity index (χ0n) is 15.1. The number of carbonyl (C=O) groups is 1. The number of aromatic nitrogens is 2. The number of amides is 1. The van der Waals surface area contributed by atoms with Crippen LogP contribution in [0.1, 0.15) is 40.0 Å². The lowest BCUT2D eigenvalue weighted by Crippen LogP contribution is -2.46. The van der Waals surface area contributed by atoms with Crippen LogP contribution in [0.3, 0.4) is 0 Å². The summed E-state index contributed by atoms with van der Waals surface area (Å²) >= 11 is 0. The maximum absolute atomic E-state index is 12.7. The zero-order valence-corrected chi connectivity index (χ0v) is 15.1. The number of hydrogen-bond acceptors (Lipinski definition) is 6. The summed E-state index contributed by atoms with van der Waals surface area (Å²) in [6, 6.07) is 0.358. The summed E-state index contributed by atoms with van der Waals surface area (Å²) in [5, 5.41) is 2.93. The van der Waals surface area contributed by atoms with Gasteiger partial charge in [0.1, 0.15) is 5.60 Å². The number of alkyl carbamates (subject to hydrolysis) is 1. The fourth-order valence-corrected chi connectivity index (χ4v) is 2.60. The molecule has 1 aromatic heterocycles. The van der Waals surface area contributed by atoms with Crippen molar-refractivity contribution in [2.24, 2.45) is 0 Å². The van der Waals surface area contributed by atoms with Gasteiger partial charge in [-0.1, -0.05) is 0 Å². The Bertz CT molecular complexity index is 540. The van der Waals surface area contributed by atoms with Crippen LogP contribution >= 0.6 is 0 Å². The molecule has 25 heavy (non-hydrogen) atoms. The number of nitrogens with zero attached hydrogens (tertiary/aromatic N) is 3. The molecule has 0 aliphatic carbocycles. The molecule has 140 valence electrons. The molecule has 1 saturated heterocycles. The molecule has 1 aromatic rings. The molecule has 0 bridgehead atoms. The van der Waals surface area contributed by atoms with Crippen LogP contribution in [0.4, 0.5) is 9.18 Å². The third-order valence-electron chi connectivity index (χ3n) is 3.75. The van der Waals surface area contributed by atoms with Crippen LogP contribution in [0, 0.1) is 5.82 Å². The van der Waals surface area contributed by atoms with Crippen molar-refractivity contribution in [3.8, 4) is 6.01 Å². The molecule has 7 nitrogen and oxygen atoms in total. The maximum Gasteiger partial charge on any atom is 0.407 e. The minimum absolute atomic E-state index is 0.162. The van der Waals surface area contributed by atoms with Gasteiger partial charge >= 0.3 is 12.1 Å². The number of nitrogens with one attached hydrogen (secondary N) is 1. The summed E-state index contributed by atoms with van der Waals surface area (Å²) in [5.41, 5.74) is -0.473. The Kier molecular flexibility index (Phi) is 6.92. The molecule has 1 N–H and O–H groups in total. The van der Waals surface area contributed by atoms with Gasteiger partial charge in [-0.05, 0) is 40.0 Å². The van der Waals surface area contributed by atoms with Gasteiger partial charge in [-0.2, -0.15) is 0 Å². The second kappa shape index (κ2) is 8.94. The van der Waals surface area contributed by atoms with Gasteiger partial charge in [-0.3, -0.25) is 0 Å². The maximum atomic E-state index is 12.7. The summed E-state index contributed by atoms with van der Waals surface area (Å²) in [5.74, 6) is -0.477. The van der Waals surface area contributed by atoms with Crippen molar-refractivity contribution < 1.29 is 18.7 Å². The molecule has 0 aromatic carbocycles. The van der Waals surface area contributed by atoms with E-state index >= 15 is 0 Å². The van der Waals surface area contributed by atoms with E-state index in [0.717, 1.165) is 51.3 Å². The molecule has 0 spiro atoms. The highest BCUT2D eigenvalue weighted by Crippen LogP contribution is 2.13. The quantitative estimate of drug-likeness (QED) is 0.791. The molecule has 0 unspecified atom stereocenters. The molecular weight excluding hydrogens is 327 g/mol. The Morgan fingerprint density at radius 3 is 2.56 bits per heavy atom. The molecule has 0 saturated carbocycles. The Hall–Kier alpha value is -1.96. The Balaban J connectivity index is 1.57. The first-order chi connectivity index (χ1) is 11.8. The van der Waals surface area contributed by atoms with E-state index in [1.807, 2.05) is 20.8 Å². The van der Waals surface area contributed by atoms with Crippen molar-refractivity contribution in [2.75, 3.05) is 26.2 Å². The Labute approximate surface area is 147 Å². The lowest BCUT2D eigenvalue weighted by Gasteiger charge is -2.32. The average molecular weight is 354 g/mol. The van der Waals surface area contributed by atoms with Gasteiger partial charge in [0.05, 0.1) is 19.0 Å². The molecule has 1 aliphatic rings. The fraction of sp³-hybridized carbons (Fsp3) is 0.706. The summed E-state index contributed by atoms with van der Waals surface area (Å²) in [7, 11) is 0. The van der Waals surface area contributed by atoms with Crippen molar-refractivity contribution in [1.29, 1.82) is 0 Å². The van der Waals surface area contributed by atoms with Crippen molar-refractivity contribution >= 4 is 6.09 Å². The van der Waals surface area contributed by atoms with Crippen molar-refractivity contribution in [3.05, 3.63) is 18.2 Å². The Morgan fingerprint density at radius 2 is 1.96 bits per heavy atom. The van der Waals surface area contributed by atoms with Gasteiger partial charge < -0.3 is 19.7 Å². The Morgan fingerprint density at radius 1 is 1.32 bits per heavy atom. The first kappa shape index (κ1) is 19.4. The summed E-state index contributed by atoms with van der Waals surface area (Å²) in [6.45, 7) is 8.81. The molecule has 2 rings (SSSR count). The SMILES string of the molecule is CC(C)(C)OC(=O)NC1CCN(CCCOc2ncc(F)cn2)CC1. The van der Waals surface area contributed by atoms with Crippen molar-refractivity contribution in [3.63, 3.8) is 0 Å². The second-order valence-electron chi connectivity index (χ2n) is 7.15. The van der Waals surface area contributed by atoms with E-state index in [-0.39, 0.29) is 18.1 Å². The predicted octanol–water partition coefficient (Wildman–Crippen LogP) is 2.37. The van der Waals surface area contributed by atoms with E-state index in [1.54, 1.807) is 0 Å². The molecule has 1 amide bonds. The molecule has 0 atom stereocenters. The highest BCUT2D eigenvalue weighted by molar-refractivity contribution is 5.68. The number of rotatable bonds is 6. The van der Waals surface area contributed by atoms with Gasteiger partial charge in [0.15, 0.2) is 5.82 Å². The van der Waals surface area contributed by atoms with Crippen molar-refractivity contribution in [1.82, 2.24) is 20.2 Å². The lowest BCUT2D eigenvalue weighted by molar-refractivity contribution is 0.0478. The number of piperidine rings is 1. The standard InChI is InChI=1S/C17H27FN4O3/c1-17(2,3)25-16(23)21-14-5-8-22(9-6-14)7-4-10-24-15-19-11-13(18)12-20-15/h11-12,14H,4-10H2,1-3H3,(H,21,23). The average Bonchev–Trinajstić information content (AvgIpc) is 2.53. The fourth-order valence-electron chi connectivity index (χ4n) is 2.60. The summed E-state index contributed by atoms with van der Waals surface area (Å²) in [4.78, 5) is 21.6. The number of ether oxygens (including phenoxy) is 2. The molecule has 8 heteroatoms. The minimum Gasteiger partial charge on any atom is -0.463 e. The van der Waals surface area contributed by atoms with Crippen LogP contribution in [-0.2, 0) is 4.74 Å². The van der Waals surface area contributed by atoms with Crippen LogP contribution in [0.5, 0.6) is 6.01 Å². The number of hydrogen-bond donors (Lipinski definition) is 1. The molecule has 0 radical (unpaired) electrons. The zero-order chi connectivity index (χ0) is 18.3. The topological polar surface area (TPSA) is 76.6 Å². The third kappa shape index (κ3) is 7.64. The number of likely N-dealkylation sites (tertiary alicyclic amines) is 1. The lowest BCUT2D eigenvalue weighted by atomic mass is 10.1. The highest BCUT2D eigenvalue weighted by Gasteiger charge is 2.23. The number of carbonyl (C=O) groups excluding carboxylic acids is 1. The monoisotopic (exact) mass is 354 g/mol. The van der Waals surface area contributed by atoms with E-state index < -0.39 is 11.4 Å². The van der Waals surface area contributed by atoms with Gasteiger partial charge in [0.25, 0.3) is 0 Å². The van der Waals surface area contributed by atoms with Gasteiger partial charge in [-0.25, -0.2) is 19.2 Å². The molecule has 2 heterocycles. The van der Waals surface area contributed by atoms with E-state index in [2.05, 4.69) is 20.2 Å². The van der Waals surface area contributed by atoms with Crippen LogP contribution in [0.2, 0.25) is 0 Å². The van der Waals surface area contributed by atoms with Crippen LogP contribution in [0.15, 0.2) is 12.4 Å². The first-order valence-electron chi connectivity index (χ1n) is 8.64. The summed E-state index contributed by atoms with van der Waals surface area (Å²) < 4.78 is 23.4. The van der Waals surface area contributed by atoms with Gasteiger partial charge in [0, 0.05) is 25.7 Å². The second-order valence-corrected chi connectivity index (χ2v) is 7.15. The van der Waals surface area contributed by atoms with E-state index in [0.29, 0.717) is 6.61 Å². The van der Waals surface area contributed by atoms with Crippen LogP contribution in [0.25, 0.3) is 0 Å². The molecule has 1 aliphatic heterocycles. The van der Waals surface area contributed by atoms with Crippen LogP contribution in [-0.4, -0.2) is 58.8 Å². The smallest absolute Gasteiger partial charge is 0.407 e. The third-order valence-corrected chi connectivity index (χ3v) is 3.75. The van der Waals surface area contributed by atoms with E-state index in [9.17, 15) is 9.18 Å². The molecular formula is C17H27FN4O3. The first-order valence-corrected chi connectivity index (χ1v) is 8.64. The van der Waals surface area contributed by atoms with E-state index in [1.165, 1.54) is 0 Å². The highest BCUT2D eigenvalue weighted by atomic mass is 19.1. The van der Waals surface area contributed by atoms with Gasteiger partial charge in [-0.15, -0.1) is 0 Å². The van der Waals surface area contributed by atoms with Crippen LogP contribution < -0.4 is 10.1 Å². The van der Waals surface area contributed by atoms with E-state index in [4.69, 9.17) is 9.47 Å². The van der Waals surface area contributed by atoms with Gasteiger partial charge in [0.2, 0.25) is 0 Å². The predicted molar refractivity (Wildman–Crippen MR) is 90.9 cm³/mol. The number of halogens is 1.